The summed E-state index contributed by atoms with van der Waals surface area (Å²) in [5.74, 6) is 0.107. The molecule has 2 aromatic carbocycles. The highest BCUT2D eigenvalue weighted by Gasteiger charge is 2.33. The van der Waals surface area contributed by atoms with E-state index in [-0.39, 0.29) is 18.3 Å². The van der Waals surface area contributed by atoms with Gasteiger partial charge in [0.15, 0.2) is 0 Å². The van der Waals surface area contributed by atoms with Gasteiger partial charge in [0.05, 0.1) is 5.54 Å². The van der Waals surface area contributed by atoms with Crippen LogP contribution < -0.4 is 10.6 Å². The minimum atomic E-state index is -0.414. The number of benzene rings is 2. The van der Waals surface area contributed by atoms with Crippen LogP contribution in [0.1, 0.15) is 31.7 Å². The zero-order chi connectivity index (χ0) is 14.7. The van der Waals surface area contributed by atoms with Crippen molar-refractivity contribution in [2.45, 2.75) is 38.3 Å². The topological polar surface area (TPSA) is 41.1 Å². The summed E-state index contributed by atoms with van der Waals surface area (Å²) < 4.78 is 0. The van der Waals surface area contributed by atoms with Crippen LogP contribution >= 0.6 is 12.4 Å². The van der Waals surface area contributed by atoms with Gasteiger partial charge in [-0.2, -0.15) is 0 Å². The van der Waals surface area contributed by atoms with Crippen molar-refractivity contribution in [3.05, 3.63) is 48.0 Å². The second kappa shape index (κ2) is 7.12. The van der Waals surface area contributed by atoms with Gasteiger partial charge in [0, 0.05) is 6.54 Å². The molecule has 0 aliphatic carbocycles. The molecule has 0 saturated carbocycles. The second-order valence-electron chi connectivity index (χ2n) is 6.04. The van der Waals surface area contributed by atoms with E-state index in [9.17, 15) is 4.79 Å². The van der Waals surface area contributed by atoms with Crippen LogP contribution in [-0.4, -0.2) is 18.0 Å². The lowest BCUT2D eigenvalue weighted by molar-refractivity contribution is -0.128. The van der Waals surface area contributed by atoms with Crippen molar-refractivity contribution in [2.24, 2.45) is 0 Å². The standard InChI is InChI=1S/C18H22N2O.ClH/c1-18(11-4-5-12-20-18)17(21)19-13-15-9-6-8-14-7-2-3-10-16(14)15;/h2-3,6-10,20H,4-5,11-13H2,1H3,(H,19,21);1H. The van der Waals surface area contributed by atoms with Crippen molar-refractivity contribution < 1.29 is 4.79 Å². The summed E-state index contributed by atoms with van der Waals surface area (Å²) in [4.78, 5) is 12.5. The van der Waals surface area contributed by atoms with Crippen molar-refractivity contribution in [1.82, 2.24) is 10.6 Å². The molecule has 1 heterocycles. The molecule has 0 aromatic heterocycles. The van der Waals surface area contributed by atoms with Gasteiger partial charge in [-0.05, 0) is 49.1 Å². The summed E-state index contributed by atoms with van der Waals surface area (Å²) >= 11 is 0. The third-order valence-corrected chi connectivity index (χ3v) is 4.44. The molecule has 22 heavy (non-hydrogen) atoms. The molecule has 1 atom stereocenters. The number of nitrogens with one attached hydrogen (secondary N) is 2. The Labute approximate surface area is 137 Å². The quantitative estimate of drug-likeness (QED) is 0.910. The molecule has 1 aliphatic heterocycles. The van der Waals surface area contributed by atoms with E-state index in [4.69, 9.17) is 0 Å². The lowest BCUT2D eigenvalue weighted by atomic mass is 9.90. The number of carbonyl (C=O) groups is 1. The number of rotatable bonds is 3. The van der Waals surface area contributed by atoms with Gasteiger partial charge in [-0.15, -0.1) is 12.4 Å². The van der Waals surface area contributed by atoms with Gasteiger partial charge in [-0.25, -0.2) is 0 Å². The summed E-state index contributed by atoms with van der Waals surface area (Å²) in [7, 11) is 0. The molecule has 1 amide bonds. The number of halogens is 1. The first-order chi connectivity index (χ1) is 10.2. The van der Waals surface area contributed by atoms with Crippen molar-refractivity contribution in [1.29, 1.82) is 0 Å². The van der Waals surface area contributed by atoms with Gasteiger partial charge < -0.3 is 10.6 Å². The monoisotopic (exact) mass is 318 g/mol. The van der Waals surface area contributed by atoms with Crippen molar-refractivity contribution in [3.63, 3.8) is 0 Å². The predicted molar refractivity (Wildman–Crippen MR) is 93.3 cm³/mol. The fraction of sp³-hybridized carbons (Fsp3) is 0.389. The summed E-state index contributed by atoms with van der Waals surface area (Å²) in [5, 5.41) is 8.88. The van der Waals surface area contributed by atoms with Crippen LogP contribution in [0.15, 0.2) is 42.5 Å². The maximum atomic E-state index is 12.5. The van der Waals surface area contributed by atoms with Crippen molar-refractivity contribution >= 4 is 29.1 Å². The summed E-state index contributed by atoms with van der Waals surface area (Å²) in [5.41, 5.74) is 0.754. The van der Waals surface area contributed by atoms with E-state index in [0.717, 1.165) is 25.8 Å². The first-order valence-electron chi connectivity index (χ1n) is 7.69. The predicted octanol–water partition coefficient (Wildman–Crippen LogP) is 3.41. The first-order valence-corrected chi connectivity index (χ1v) is 7.69. The van der Waals surface area contributed by atoms with Crippen LogP contribution in [0.3, 0.4) is 0 Å². The van der Waals surface area contributed by atoms with Crippen LogP contribution in [0.4, 0.5) is 0 Å². The average molecular weight is 319 g/mol. The van der Waals surface area contributed by atoms with Crippen LogP contribution in [0.25, 0.3) is 10.8 Å². The number of fused-ring (bicyclic) bond motifs is 1. The SMILES string of the molecule is CC1(C(=O)NCc2cccc3ccccc23)CCCCN1.Cl. The van der Waals surface area contributed by atoms with E-state index in [1.807, 2.05) is 25.1 Å². The molecule has 0 spiro atoms. The van der Waals surface area contributed by atoms with E-state index in [1.54, 1.807) is 0 Å². The van der Waals surface area contributed by atoms with E-state index in [1.165, 1.54) is 16.3 Å². The maximum absolute atomic E-state index is 12.5. The Morgan fingerprint density at radius 1 is 1.18 bits per heavy atom. The number of amides is 1. The normalized spacial score (nSPS) is 21.1. The summed E-state index contributed by atoms with van der Waals surface area (Å²) in [6.07, 6.45) is 3.19. The Morgan fingerprint density at radius 3 is 2.73 bits per heavy atom. The van der Waals surface area contributed by atoms with Crippen LogP contribution in [0.5, 0.6) is 0 Å². The minimum Gasteiger partial charge on any atom is -0.350 e. The zero-order valence-corrected chi connectivity index (χ0v) is 13.7. The molecule has 118 valence electrons. The van der Waals surface area contributed by atoms with Crippen LogP contribution in [0, 0.1) is 0 Å². The number of hydrogen-bond donors (Lipinski definition) is 2. The van der Waals surface area contributed by atoms with Crippen molar-refractivity contribution in [3.8, 4) is 0 Å². The Kier molecular flexibility index (Phi) is 5.43. The Bertz CT molecular complexity index is 645. The number of piperidine rings is 1. The molecule has 1 aliphatic rings. The highest BCUT2D eigenvalue weighted by molar-refractivity contribution is 5.88. The van der Waals surface area contributed by atoms with Gasteiger partial charge in [0.1, 0.15) is 0 Å². The number of hydrogen-bond acceptors (Lipinski definition) is 2. The van der Waals surface area contributed by atoms with Gasteiger partial charge in [-0.3, -0.25) is 4.79 Å². The summed E-state index contributed by atoms with van der Waals surface area (Å²) in [6, 6.07) is 14.5. The summed E-state index contributed by atoms with van der Waals surface area (Å²) in [6.45, 7) is 3.51. The Hall–Kier alpha value is -1.58. The largest absolute Gasteiger partial charge is 0.350 e. The smallest absolute Gasteiger partial charge is 0.240 e. The van der Waals surface area contributed by atoms with Gasteiger partial charge in [-0.1, -0.05) is 42.5 Å². The van der Waals surface area contributed by atoms with E-state index in [2.05, 4.69) is 34.9 Å². The zero-order valence-electron chi connectivity index (χ0n) is 12.9. The third-order valence-electron chi connectivity index (χ3n) is 4.44. The molecule has 0 radical (unpaired) electrons. The number of carbonyl (C=O) groups excluding carboxylic acids is 1. The average Bonchev–Trinajstić information content (AvgIpc) is 2.53. The van der Waals surface area contributed by atoms with E-state index >= 15 is 0 Å². The maximum Gasteiger partial charge on any atom is 0.240 e. The molecule has 3 rings (SSSR count). The minimum absolute atomic E-state index is 0. The first kappa shape index (κ1) is 16.8. The Balaban J connectivity index is 0.00000176. The Morgan fingerprint density at radius 2 is 1.95 bits per heavy atom. The molecule has 1 unspecified atom stereocenters. The molecule has 2 aromatic rings. The highest BCUT2D eigenvalue weighted by atomic mass is 35.5. The van der Waals surface area contributed by atoms with Gasteiger partial charge >= 0.3 is 0 Å². The van der Waals surface area contributed by atoms with Gasteiger partial charge in [0.25, 0.3) is 0 Å². The second-order valence-corrected chi connectivity index (χ2v) is 6.04. The highest BCUT2D eigenvalue weighted by Crippen LogP contribution is 2.21. The van der Waals surface area contributed by atoms with Gasteiger partial charge in [0.2, 0.25) is 5.91 Å². The molecule has 0 bridgehead atoms. The fourth-order valence-electron chi connectivity index (χ4n) is 3.07. The molecule has 1 fully saturated rings. The van der Waals surface area contributed by atoms with Crippen LogP contribution in [0.2, 0.25) is 0 Å². The third kappa shape index (κ3) is 3.42. The molecular weight excluding hydrogens is 296 g/mol. The van der Waals surface area contributed by atoms with Crippen molar-refractivity contribution in [2.75, 3.05) is 6.54 Å². The molecule has 4 heteroatoms. The fourth-order valence-corrected chi connectivity index (χ4v) is 3.07. The van der Waals surface area contributed by atoms with Crippen LogP contribution in [-0.2, 0) is 11.3 Å². The molecule has 2 N–H and O–H groups in total. The molecular formula is C18H23ClN2O. The van der Waals surface area contributed by atoms with E-state index < -0.39 is 5.54 Å². The molecule has 1 saturated heterocycles. The molecule has 3 nitrogen and oxygen atoms in total. The lowest BCUT2D eigenvalue weighted by Crippen LogP contribution is -2.56. The lowest BCUT2D eigenvalue weighted by Gasteiger charge is -2.33. The van der Waals surface area contributed by atoms with E-state index in [0.29, 0.717) is 6.54 Å².